The van der Waals surface area contributed by atoms with Crippen LogP contribution in [0.1, 0.15) is 34.7 Å². The van der Waals surface area contributed by atoms with Gasteiger partial charge in [0, 0.05) is 12.0 Å². The molecule has 2 aromatic carbocycles. The lowest BCUT2D eigenvalue weighted by Crippen LogP contribution is -2.17. The van der Waals surface area contributed by atoms with E-state index in [4.69, 9.17) is 27.9 Å². The van der Waals surface area contributed by atoms with E-state index in [0.29, 0.717) is 28.6 Å². The number of para-hydroxylation sites is 1. The van der Waals surface area contributed by atoms with Gasteiger partial charge in [0.25, 0.3) is 0 Å². The second kappa shape index (κ2) is 6.08. The topological polar surface area (TPSA) is 26.3 Å². The number of Topliss-reactive ketones (excluding diaryl/α,β-unsaturated/α-hetero) is 1. The van der Waals surface area contributed by atoms with E-state index in [1.54, 1.807) is 18.2 Å². The van der Waals surface area contributed by atoms with Crippen LogP contribution in [-0.2, 0) is 0 Å². The van der Waals surface area contributed by atoms with Crippen molar-refractivity contribution in [3.8, 4) is 5.75 Å². The van der Waals surface area contributed by atoms with Crippen molar-refractivity contribution >= 4 is 29.0 Å². The van der Waals surface area contributed by atoms with Crippen molar-refractivity contribution in [1.29, 1.82) is 0 Å². The maximum atomic E-state index is 12.4. The molecule has 0 aliphatic carbocycles. The molecule has 108 valence electrons. The van der Waals surface area contributed by atoms with Gasteiger partial charge in [-0.25, -0.2) is 0 Å². The molecule has 0 fully saturated rings. The molecule has 1 aliphatic heterocycles. The number of fused-ring (bicyclic) bond motifs is 1. The third-order valence-corrected chi connectivity index (χ3v) is 4.50. The highest BCUT2D eigenvalue weighted by Crippen LogP contribution is 2.36. The van der Waals surface area contributed by atoms with Crippen molar-refractivity contribution in [2.45, 2.75) is 18.8 Å². The molecule has 3 rings (SSSR count). The Balaban J connectivity index is 1.81. The number of benzene rings is 2. The molecule has 1 unspecified atom stereocenters. The average molecular weight is 321 g/mol. The van der Waals surface area contributed by atoms with Gasteiger partial charge >= 0.3 is 0 Å². The van der Waals surface area contributed by atoms with Crippen LogP contribution in [0.4, 0.5) is 0 Å². The molecule has 2 nitrogen and oxygen atoms in total. The average Bonchev–Trinajstić information content (AvgIpc) is 2.50. The highest BCUT2D eigenvalue weighted by atomic mass is 35.5. The number of rotatable bonds is 3. The summed E-state index contributed by atoms with van der Waals surface area (Å²) >= 11 is 11.9. The Hall–Kier alpha value is -1.51. The molecule has 2 aromatic rings. The molecule has 0 saturated heterocycles. The summed E-state index contributed by atoms with van der Waals surface area (Å²) in [5, 5.41) is 0.875. The largest absolute Gasteiger partial charge is 0.493 e. The molecule has 0 radical (unpaired) electrons. The molecule has 1 atom stereocenters. The molecule has 0 amide bonds. The molecule has 0 saturated carbocycles. The second-order valence-corrected chi connectivity index (χ2v) is 5.94. The van der Waals surface area contributed by atoms with Crippen LogP contribution in [0.15, 0.2) is 42.5 Å². The standard InChI is InChI=1S/C17H14Cl2O2/c18-14-6-5-12(9-15(14)19)16(20)10-11-7-8-21-17-4-2-1-3-13(11)17/h1-6,9,11H,7-8,10H2. The Morgan fingerprint density at radius 3 is 2.76 bits per heavy atom. The van der Waals surface area contributed by atoms with Crippen LogP contribution in [0.25, 0.3) is 0 Å². The number of hydrogen-bond donors (Lipinski definition) is 0. The highest BCUT2D eigenvalue weighted by Gasteiger charge is 2.24. The fourth-order valence-corrected chi connectivity index (χ4v) is 2.94. The van der Waals surface area contributed by atoms with Gasteiger partial charge in [-0.05, 0) is 42.2 Å². The smallest absolute Gasteiger partial charge is 0.163 e. The molecule has 1 aliphatic rings. The van der Waals surface area contributed by atoms with E-state index in [1.165, 1.54) is 0 Å². The van der Waals surface area contributed by atoms with Crippen molar-refractivity contribution in [1.82, 2.24) is 0 Å². The van der Waals surface area contributed by atoms with E-state index in [9.17, 15) is 4.79 Å². The predicted molar refractivity (Wildman–Crippen MR) is 84.7 cm³/mol. The maximum absolute atomic E-state index is 12.4. The third kappa shape index (κ3) is 3.07. The molecule has 0 N–H and O–H groups in total. The molecule has 21 heavy (non-hydrogen) atoms. The van der Waals surface area contributed by atoms with Crippen LogP contribution in [0.5, 0.6) is 5.75 Å². The van der Waals surface area contributed by atoms with Gasteiger partial charge in [0.15, 0.2) is 5.78 Å². The van der Waals surface area contributed by atoms with Crippen molar-refractivity contribution in [2.24, 2.45) is 0 Å². The monoisotopic (exact) mass is 320 g/mol. The van der Waals surface area contributed by atoms with Gasteiger partial charge < -0.3 is 4.74 Å². The van der Waals surface area contributed by atoms with Crippen molar-refractivity contribution < 1.29 is 9.53 Å². The molecule has 0 spiro atoms. The summed E-state index contributed by atoms with van der Waals surface area (Å²) in [7, 11) is 0. The first kappa shape index (κ1) is 14.4. The summed E-state index contributed by atoms with van der Waals surface area (Å²) in [4.78, 5) is 12.4. The number of hydrogen-bond acceptors (Lipinski definition) is 2. The Morgan fingerprint density at radius 2 is 1.95 bits per heavy atom. The van der Waals surface area contributed by atoms with Gasteiger partial charge in [0.1, 0.15) is 5.75 Å². The lowest BCUT2D eigenvalue weighted by atomic mass is 9.87. The zero-order valence-corrected chi connectivity index (χ0v) is 12.8. The van der Waals surface area contributed by atoms with Crippen LogP contribution in [0.3, 0.4) is 0 Å². The minimum atomic E-state index is 0.0790. The summed E-state index contributed by atoms with van der Waals surface area (Å²) < 4.78 is 5.63. The zero-order valence-electron chi connectivity index (χ0n) is 11.3. The first-order valence-corrected chi connectivity index (χ1v) is 7.60. The van der Waals surface area contributed by atoms with Crippen LogP contribution < -0.4 is 4.74 Å². The lowest BCUT2D eigenvalue weighted by Gasteiger charge is -2.25. The fourth-order valence-electron chi connectivity index (χ4n) is 2.64. The van der Waals surface area contributed by atoms with Gasteiger partial charge in [-0.3, -0.25) is 4.79 Å². The minimum absolute atomic E-state index is 0.0790. The Labute approximate surface area is 133 Å². The lowest BCUT2D eigenvalue weighted by molar-refractivity contribution is 0.0966. The van der Waals surface area contributed by atoms with Gasteiger partial charge in [0.2, 0.25) is 0 Å². The van der Waals surface area contributed by atoms with Crippen LogP contribution in [0, 0.1) is 0 Å². The van der Waals surface area contributed by atoms with Gasteiger partial charge in [-0.15, -0.1) is 0 Å². The molecule has 4 heteroatoms. The summed E-state index contributed by atoms with van der Waals surface area (Å²) in [6.07, 6.45) is 1.31. The van der Waals surface area contributed by atoms with Gasteiger partial charge in [-0.2, -0.15) is 0 Å². The maximum Gasteiger partial charge on any atom is 0.163 e. The first-order valence-electron chi connectivity index (χ1n) is 6.85. The van der Waals surface area contributed by atoms with Crippen LogP contribution in [-0.4, -0.2) is 12.4 Å². The number of carbonyl (C=O) groups is 1. The molecule has 0 aromatic heterocycles. The third-order valence-electron chi connectivity index (χ3n) is 3.76. The second-order valence-electron chi connectivity index (χ2n) is 5.13. The van der Waals surface area contributed by atoms with Crippen molar-refractivity contribution in [3.63, 3.8) is 0 Å². The molecule has 1 heterocycles. The number of ether oxygens (including phenoxy) is 1. The number of halogens is 2. The quantitative estimate of drug-likeness (QED) is 0.732. The highest BCUT2D eigenvalue weighted by molar-refractivity contribution is 6.42. The Bertz CT molecular complexity index is 682. The van der Waals surface area contributed by atoms with Crippen molar-refractivity contribution in [3.05, 3.63) is 63.6 Å². The number of carbonyl (C=O) groups excluding carboxylic acids is 1. The predicted octanol–water partition coefficient (Wildman–Crippen LogP) is 5.13. The summed E-state index contributed by atoms with van der Waals surface area (Å²) in [6, 6.07) is 12.9. The molecular weight excluding hydrogens is 307 g/mol. The molecule has 0 bridgehead atoms. The van der Waals surface area contributed by atoms with E-state index in [0.717, 1.165) is 17.7 Å². The zero-order chi connectivity index (χ0) is 14.8. The SMILES string of the molecule is O=C(CC1CCOc2ccccc21)c1ccc(Cl)c(Cl)c1. The van der Waals surface area contributed by atoms with E-state index in [1.807, 2.05) is 24.3 Å². The van der Waals surface area contributed by atoms with Crippen LogP contribution >= 0.6 is 23.2 Å². The van der Waals surface area contributed by atoms with Crippen molar-refractivity contribution in [2.75, 3.05) is 6.61 Å². The summed E-state index contributed by atoms with van der Waals surface area (Å²) in [5.41, 5.74) is 1.71. The summed E-state index contributed by atoms with van der Waals surface area (Å²) in [5.74, 6) is 1.16. The van der Waals surface area contributed by atoms with E-state index in [-0.39, 0.29) is 11.7 Å². The minimum Gasteiger partial charge on any atom is -0.493 e. The molecular formula is C17H14Cl2O2. The normalized spacial score (nSPS) is 17.0. The Kier molecular flexibility index (Phi) is 4.18. The first-order chi connectivity index (χ1) is 10.1. The Morgan fingerprint density at radius 1 is 1.14 bits per heavy atom. The number of ketones is 1. The van der Waals surface area contributed by atoms with Gasteiger partial charge in [0.05, 0.1) is 16.7 Å². The van der Waals surface area contributed by atoms with E-state index >= 15 is 0 Å². The summed E-state index contributed by atoms with van der Waals surface area (Å²) in [6.45, 7) is 0.649. The van der Waals surface area contributed by atoms with Crippen LogP contribution in [0.2, 0.25) is 10.0 Å². The fraction of sp³-hybridized carbons (Fsp3) is 0.235. The van der Waals surface area contributed by atoms with Gasteiger partial charge in [-0.1, -0.05) is 41.4 Å². The van der Waals surface area contributed by atoms with E-state index in [2.05, 4.69) is 0 Å². The van der Waals surface area contributed by atoms with E-state index < -0.39 is 0 Å².